The van der Waals surface area contributed by atoms with Gasteiger partial charge in [-0.1, -0.05) is 65.4 Å². The van der Waals surface area contributed by atoms with Crippen molar-refractivity contribution in [3.63, 3.8) is 0 Å². The number of epoxide rings is 1. The van der Waals surface area contributed by atoms with Crippen molar-refractivity contribution in [2.45, 2.75) is 12.1 Å². The van der Waals surface area contributed by atoms with Gasteiger partial charge in [-0.05, 0) is 6.04 Å². The first kappa shape index (κ1) is 11.4. The number of hydrogen-bond donors (Lipinski definition) is 0. The van der Waals surface area contributed by atoms with Crippen LogP contribution in [0.3, 0.4) is 0 Å². The summed E-state index contributed by atoms with van der Waals surface area (Å²) in [6.07, 6.45) is 0.420. The summed E-state index contributed by atoms with van der Waals surface area (Å²) in [6.45, 7) is 2.61. The molecule has 0 N–H and O–H groups in total. The van der Waals surface area contributed by atoms with Crippen molar-refractivity contribution >= 4 is 66.0 Å². The van der Waals surface area contributed by atoms with E-state index in [1.54, 1.807) is 0 Å². The summed E-state index contributed by atoms with van der Waals surface area (Å²) in [5, 5.41) is 0. The van der Waals surface area contributed by atoms with E-state index in [0.717, 1.165) is 19.8 Å². The molecule has 1 fully saturated rings. The Hall–Kier alpha value is 2.33. The van der Waals surface area contributed by atoms with E-state index in [4.69, 9.17) is 9.47 Å². The monoisotopic (exact) mass is 510 g/mol. The van der Waals surface area contributed by atoms with Crippen molar-refractivity contribution in [2.75, 3.05) is 19.8 Å². The van der Waals surface area contributed by atoms with E-state index in [9.17, 15) is 0 Å². The van der Waals surface area contributed by atoms with E-state index < -0.39 is 0.564 Å². The lowest BCUT2D eigenvalue weighted by Crippen LogP contribution is -2.11. The standard InChI is InChI=1S/C5H9I3O2Si/c6-11(7,8)2-1-9-3-5-4-10-5/h5H,1-4H2. The molecule has 1 atom stereocenters. The molecule has 0 aromatic rings. The Labute approximate surface area is 106 Å². The zero-order chi connectivity index (χ0) is 8.32. The lowest BCUT2D eigenvalue weighted by molar-refractivity contribution is 0.128. The van der Waals surface area contributed by atoms with E-state index in [-0.39, 0.29) is 0 Å². The third-order valence-electron chi connectivity index (χ3n) is 1.24. The lowest BCUT2D eigenvalue weighted by atomic mass is 10.5. The molecule has 66 valence electrons. The summed E-state index contributed by atoms with van der Waals surface area (Å²) in [5.74, 6) is 0. The van der Waals surface area contributed by atoms with E-state index >= 15 is 0 Å². The molecule has 1 aliphatic heterocycles. The van der Waals surface area contributed by atoms with Gasteiger partial charge in [0, 0.05) is 6.61 Å². The fourth-order valence-electron chi connectivity index (χ4n) is 0.567. The summed E-state index contributed by atoms with van der Waals surface area (Å²) < 4.78 is 9.49. The minimum atomic E-state index is -0.965. The Bertz CT molecular complexity index is 123. The Morgan fingerprint density at radius 3 is 2.55 bits per heavy atom. The highest BCUT2D eigenvalue weighted by Gasteiger charge is 2.24. The fraction of sp³-hybridized carbons (Fsp3) is 1.00. The van der Waals surface area contributed by atoms with Crippen LogP contribution in [0.15, 0.2) is 0 Å². The van der Waals surface area contributed by atoms with E-state index in [1.165, 1.54) is 6.04 Å². The number of hydrogen-bond acceptors (Lipinski definition) is 2. The molecule has 0 radical (unpaired) electrons. The van der Waals surface area contributed by atoms with Crippen LogP contribution in [0.5, 0.6) is 0 Å². The van der Waals surface area contributed by atoms with E-state index in [0.29, 0.717) is 6.10 Å². The highest BCUT2D eigenvalue weighted by Crippen LogP contribution is 2.33. The molecule has 1 heterocycles. The van der Waals surface area contributed by atoms with Gasteiger partial charge in [-0.25, -0.2) is 0 Å². The Balaban J connectivity index is 1.87. The van der Waals surface area contributed by atoms with Crippen LogP contribution in [0, 0.1) is 0 Å². The average molecular weight is 510 g/mol. The quantitative estimate of drug-likeness (QED) is 0.187. The van der Waals surface area contributed by atoms with Crippen LogP contribution in [-0.2, 0) is 9.47 Å². The summed E-state index contributed by atoms with van der Waals surface area (Å²) in [4.78, 5) is 0. The third-order valence-corrected chi connectivity index (χ3v) is 6.86. The molecule has 0 aromatic carbocycles. The second-order valence-corrected chi connectivity index (χ2v) is 39.3. The number of rotatable bonds is 5. The summed E-state index contributed by atoms with van der Waals surface area (Å²) in [7, 11) is 0. The predicted octanol–water partition coefficient (Wildman–Crippen LogP) is 2.65. The molecule has 0 bridgehead atoms. The highest BCUT2D eigenvalue weighted by atomic mass is 127. The first-order valence-corrected chi connectivity index (χ1v) is 14.9. The molecule has 1 saturated heterocycles. The molecule has 6 heteroatoms. The Kier molecular flexibility index (Phi) is 5.46. The average Bonchev–Trinajstić information content (AvgIpc) is 2.60. The lowest BCUT2D eigenvalue weighted by Gasteiger charge is -2.08. The Morgan fingerprint density at radius 1 is 1.45 bits per heavy atom. The van der Waals surface area contributed by atoms with Gasteiger partial charge in [-0.3, -0.25) is 0 Å². The molecule has 0 saturated carbocycles. The normalized spacial score (nSPS) is 23.7. The van der Waals surface area contributed by atoms with Crippen molar-refractivity contribution in [1.29, 1.82) is 0 Å². The SMILES string of the molecule is I[Si](I)(I)CCOCC1CO1. The van der Waals surface area contributed by atoms with Crippen LogP contribution in [0.1, 0.15) is 0 Å². The number of ether oxygens (including phenoxy) is 2. The largest absolute Gasteiger partial charge is 0.379 e. The molecule has 2 nitrogen and oxygen atoms in total. The molecule has 0 aliphatic carbocycles. The van der Waals surface area contributed by atoms with Crippen molar-refractivity contribution in [3.05, 3.63) is 0 Å². The minimum Gasteiger partial charge on any atom is -0.379 e. The van der Waals surface area contributed by atoms with Crippen LogP contribution in [0.25, 0.3) is 0 Å². The maximum Gasteiger partial charge on any atom is 0.255 e. The van der Waals surface area contributed by atoms with Crippen LogP contribution < -0.4 is 0 Å². The van der Waals surface area contributed by atoms with Crippen molar-refractivity contribution in [2.24, 2.45) is 0 Å². The van der Waals surface area contributed by atoms with Gasteiger partial charge >= 0.3 is 0 Å². The molecule has 1 aliphatic rings. The van der Waals surface area contributed by atoms with Crippen LogP contribution >= 0.6 is 65.4 Å². The molecular formula is C5H9I3O2Si. The van der Waals surface area contributed by atoms with Gasteiger partial charge in [0.1, 0.15) is 6.10 Å². The molecular weight excluding hydrogens is 501 g/mol. The molecule has 0 amide bonds. The van der Waals surface area contributed by atoms with Gasteiger partial charge in [0.25, 0.3) is 0.564 Å². The molecule has 11 heavy (non-hydrogen) atoms. The van der Waals surface area contributed by atoms with Gasteiger partial charge < -0.3 is 9.47 Å². The van der Waals surface area contributed by atoms with Crippen molar-refractivity contribution in [3.8, 4) is 0 Å². The summed E-state index contributed by atoms with van der Waals surface area (Å²) in [5.41, 5.74) is 0. The van der Waals surface area contributed by atoms with Crippen LogP contribution in [0.4, 0.5) is 0 Å². The smallest absolute Gasteiger partial charge is 0.255 e. The highest BCUT2D eigenvalue weighted by molar-refractivity contribution is 14.4. The summed E-state index contributed by atoms with van der Waals surface area (Å²) in [6, 6.07) is 1.22. The van der Waals surface area contributed by atoms with Gasteiger partial charge in [0.15, 0.2) is 0 Å². The number of halogens is 3. The van der Waals surface area contributed by atoms with E-state index in [1.807, 2.05) is 0 Å². The Morgan fingerprint density at radius 2 is 2.09 bits per heavy atom. The zero-order valence-electron chi connectivity index (χ0n) is 5.86. The van der Waals surface area contributed by atoms with Crippen molar-refractivity contribution in [1.82, 2.24) is 0 Å². The van der Waals surface area contributed by atoms with Crippen LogP contribution in [-0.4, -0.2) is 26.5 Å². The summed E-state index contributed by atoms with van der Waals surface area (Å²) >= 11 is 7.65. The second-order valence-electron chi connectivity index (χ2n) is 2.40. The first-order chi connectivity index (χ1) is 5.08. The second kappa shape index (κ2) is 5.27. The van der Waals surface area contributed by atoms with Gasteiger partial charge in [-0.2, -0.15) is 0 Å². The molecule has 1 unspecified atom stereocenters. The first-order valence-electron chi connectivity index (χ1n) is 3.34. The van der Waals surface area contributed by atoms with Gasteiger partial charge in [0.2, 0.25) is 0 Å². The maximum atomic E-state index is 5.43. The van der Waals surface area contributed by atoms with Crippen molar-refractivity contribution < 1.29 is 9.47 Å². The fourth-order valence-corrected chi connectivity index (χ4v) is 2.92. The van der Waals surface area contributed by atoms with Gasteiger partial charge in [0.05, 0.1) is 13.2 Å². The van der Waals surface area contributed by atoms with Gasteiger partial charge in [-0.15, -0.1) is 0 Å². The minimum absolute atomic E-state index is 0.420. The molecule has 0 aromatic heterocycles. The zero-order valence-corrected chi connectivity index (χ0v) is 13.3. The topological polar surface area (TPSA) is 21.8 Å². The molecule has 0 spiro atoms. The third kappa shape index (κ3) is 7.40. The molecule has 1 rings (SSSR count). The maximum absolute atomic E-state index is 5.43. The van der Waals surface area contributed by atoms with E-state index in [2.05, 4.69) is 65.4 Å². The predicted molar refractivity (Wildman–Crippen MR) is 73.2 cm³/mol. The van der Waals surface area contributed by atoms with Crippen LogP contribution in [0.2, 0.25) is 6.04 Å².